The summed E-state index contributed by atoms with van der Waals surface area (Å²) in [7, 11) is -3.12. The normalized spacial score (nSPS) is 18.0. The molecule has 1 aliphatic rings. The van der Waals surface area contributed by atoms with Crippen LogP contribution in [-0.4, -0.2) is 61.7 Å². The number of nitrogens with zero attached hydrogens (tertiary/aromatic N) is 1. The van der Waals surface area contributed by atoms with E-state index in [0.717, 1.165) is 24.2 Å². The summed E-state index contributed by atoms with van der Waals surface area (Å²) in [4.78, 5) is 38.3. The van der Waals surface area contributed by atoms with E-state index in [9.17, 15) is 22.8 Å². The number of hydrogen-bond donors (Lipinski definition) is 0. The maximum atomic E-state index is 12.5. The third-order valence-corrected chi connectivity index (χ3v) is 7.51. The first-order chi connectivity index (χ1) is 13.2. The summed E-state index contributed by atoms with van der Waals surface area (Å²) in [5.74, 6) is -1.23. The first kappa shape index (κ1) is 22.8. The molecular weight excluding hydrogens is 426 g/mol. The van der Waals surface area contributed by atoms with Crippen LogP contribution in [0.3, 0.4) is 0 Å². The van der Waals surface area contributed by atoms with Gasteiger partial charge in [0.15, 0.2) is 22.2 Å². The quantitative estimate of drug-likeness (QED) is 0.402. The van der Waals surface area contributed by atoms with Gasteiger partial charge in [0.1, 0.15) is 0 Å². The molecule has 0 saturated carbocycles. The molecule has 1 aromatic rings. The van der Waals surface area contributed by atoms with Crippen molar-refractivity contribution in [3.63, 3.8) is 0 Å². The molecule has 10 heteroatoms. The number of carbonyl (C=O) groups excluding carboxylic acids is 3. The minimum atomic E-state index is -3.12. The van der Waals surface area contributed by atoms with Gasteiger partial charge in [-0.25, -0.2) is 8.42 Å². The molecular formula is C18H24ClNO6S2. The zero-order valence-electron chi connectivity index (χ0n) is 15.7. The Bertz CT molecular complexity index is 820. The first-order valence-electron chi connectivity index (χ1n) is 9.16. The Balaban J connectivity index is 1.82. The smallest absolute Gasteiger partial charge is 0.306 e. The number of esters is 1. The SMILES string of the molecule is CCCCN(C(=O)COC(=O)CCC(=O)c1ccc(Cl)s1)C1CCS(=O)(=O)C1. The highest BCUT2D eigenvalue weighted by atomic mass is 35.5. The molecule has 0 N–H and O–H groups in total. The fourth-order valence-electron chi connectivity index (χ4n) is 2.96. The summed E-state index contributed by atoms with van der Waals surface area (Å²) in [6, 6.07) is 2.85. The van der Waals surface area contributed by atoms with Gasteiger partial charge in [-0.05, 0) is 25.0 Å². The maximum Gasteiger partial charge on any atom is 0.306 e. The van der Waals surface area contributed by atoms with E-state index < -0.39 is 28.3 Å². The molecule has 1 aliphatic heterocycles. The lowest BCUT2D eigenvalue weighted by atomic mass is 10.2. The lowest BCUT2D eigenvalue weighted by molar-refractivity contribution is -0.152. The standard InChI is InChI=1S/C18H24ClNO6S2/c1-2-3-9-20(13-8-10-28(24,25)12-13)17(22)11-26-18(23)7-4-14(21)15-5-6-16(19)27-15/h5-6,13H,2-4,7-12H2,1H3. The molecule has 1 amide bonds. The molecule has 1 unspecified atom stereocenters. The van der Waals surface area contributed by atoms with Crippen LogP contribution in [-0.2, 0) is 24.2 Å². The fraction of sp³-hybridized carbons (Fsp3) is 0.611. The molecule has 0 aliphatic carbocycles. The molecule has 0 radical (unpaired) electrons. The molecule has 0 bridgehead atoms. The second-order valence-electron chi connectivity index (χ2n) is 6.69. The summed E-state index contributed by atoms with van der Waals surface area (Å²) in [6.45, 7) is 1.97. The van der Waals surface area contributed by atoms with Gasteiger partial charge < -0.3 is 9.64 Å². The molecule has 1 aromatic heterocycles. The van der Waals surface area contributed by atoms with Gasteiger partial charge in [0, 0.05) is 19.0 Å². The van der Waals surface area contributed by atoms with Crippen LogP contribution in [0.15, 0.2) is 12.1 Å². The third-order valence-electron chi connectivity index (χ3n) is 4.48. The monoisotopic (exact) mass is 449 g/mol. The van der Waals surface area contributed by atoms with Crippen molar-refractivity contribution >= 4 is 50.4 Å². The number of sulfone groups is 1. The van der Waals surface area contributed by atoms with Crippen LogP contribution in [0.5, 0.6) is 0 Å². The van der Waals surface area contributed by atoms with Gasteiger partial charge in [-0.15, -0.1) is 11.3 Å². The van der Waals surface area contributed by atoms with E-state index in [-0.39, 0.29) is 36.2 Å². The molecule has 1 atom stereocenters. The molecule has 156 valence electrons. The summed E-state index contributed by atoms with van der Waals surface area (Å²) < 4.78 is 28.9. The number of carbonyl (C=O) groups is 3. The van der Waals surface area contributed by atoms with Crippen LogP contribution in [0.1, 0.15) is 48.7 Å². The van der Waals surface area contributed by atoms with Gasteiger partial charge in [-0.2, -0.15) is 0 Å². The van der Waals surface area contributed by atoms with E-state index in [1.807, 2.05) is 6.92 Å². The van der Waals surface area contributed by atoms with Crippen molar-refractivity contribution in [1.29, 1.82) is 0 Å². The van der Waals surface area contributed by atoms with Crippen molar-refractivity contribution in [3.05, 3.63) is 21.3 Å². The van der Waals surface area contributed by atoms with Crippen molar-refractivity contribution in [1.82, 2.24) is 4.90 Å². The predicted molar refractivity (Wildman–Crippen MR) is 108 cm³/mol. The molecule has 0 spiro atoms. The van der Waals surface area contributed by atoms with E-state index in [1.54, 1.807) is 12.1 Å². The Labute approximate surface area is 173 Å². The third kappa shape index (κ3) is 6.86. The Morgan fingerprint density at radius 2 is 2.04 bits per heavy atom. The van der Waals surface area contributed by atoms with Crippen LogP contribution >= 0.6 is 22.9 Å². The number of unbranched alkanes of at least 4 members (excludes halogenated alkanes) is 1. The molecule has 7 nitrogen and oxygen atoms in total. The number of ketones is 1. The van der Waals surface area contributed by atoms with Gasteiger partial charge in [0.05, 0.1) is 27.1 Å². The lowest BCUT2D eigenvalue weighted by Gasteiger charge is -2.28. The van der Waals surface area contributed by atoms with E-state index in [2.05, 4.69) is 0 Å². The second kappa shape index (κ2) is 10.4. The van der Waals surface area contributed by atoms with Gasteiger partial charge in [0.25, 0.3) is 5.91 Å². The number of halogens is 1. The largest absolute Gasteiger partial charge is 0.456 e. The van der Waals surface area contributed by atoms with E-state index in [0.29, 0.717) is 22.2 Å². The maximum absolute atomic E-state index is 12.5. The highest BCUT2D eigenvalue weighted by Gasteiger charge is 2.34. The van der Waals surface area contributed by atoms with Crippen molar-refractivity contribution in [2.45, 2.75) is 45.1 Å². The number of hydrogen-bond acceptors (Lipinski definition) is 7. The average molecular weight is 450 g/mol. The molecule has 2 heterocycles. The van der Waals surface area contributed by atoms with E-state index in [4.69, 9.17) is 16.3 Å². The fourth-order valence-corrected chi connectivity index (χ4v) is 5.70. The minimum Gasteiger partial charge on any atom is -0.456 e. The Kier molecular flexibility index (Phi) is 8.45. The van der Waals surface area contributed by atoms with Crippen LogP contribution in [0.25, 0.3) is 0 Å². The number of amides is 1. The summed E-state index contributed by atoms with van der Waals surface area (Å²) in [5.41, 5.74) is 0. The molecule has 2 rings (SSSR count). The average Bonchev–Trinajstić information content (AvgIpc) is 3.23. The Morgan fingerprint density at radius 3 is 2.61 bits per heavy atom. The highest BCUT2D eigenvalue weighted by Crippen LogP contribution is 2.23. The lowest BCUT2D eigenvalue weighted by Crippen LogP contribution is -2.43. The van der Waals surface area contributed by atoms with E-state index in [1.165, 1.54) is 4.90 Å². The van der Waals surface area contributed by atoms with Crippen LogP contribution in [0.4, 0.5) is 0 Å². The van der Waals surface area contributed by atoms with Gasteiger partial charge >= 0.3 is 5.97 Å². The summed E-state index contributed by atoms with van der Waals surface area (Å²) >= 11 is 6.93. The number of Topliss-reactive ketones (excluding diaryl/α,β-unsaturated/α-hetero) is 1. The topological polar surface area (TPSA) is 97.8 Å². The van der Waals surface area contributed by atoms with Crippen LogP contribution < -0.4 is 0 Å². The zero-order chi connectivity index (χ0) is 20.7. The molecule has 1 fully saturated rings. The van der Waals surface area contributed by atoms with E-state index >= 15 is 0 Å². The number of thiophene rings is 1. The zero-order valence-corrected chi connectivity index (χ0v) is 18.1. The predicted octanol–water partition coefficient (Wildman–Crippen LogP) is 2.72. The minimum absolute atomic E-state index is 0.0235. The van der Waals surface area contributed by atoms with Crippen molar-refractivity contribution in [3.8, 4) is 0 Å². The summed E-state index contributed by atoms with van der Waals surface area (Å²) in [5, 5.41) is 0. The van der Waals surface area contributed by atoms with Gasteiger partial charge in [-0.3, -0.25) is 14.4 Å². The molecule has 0 aromatic carbocycles. The van der Waals surface area contributed by atoms with Crippen LogP contribution in [0.2, 0.25) is 4.34 Å². The van der Waals surface area contributed by atoms with Crippen molar-refractivity contribution < 1.29 is 27.5 Å². The first-order valence-corrected chi connectivity index (χ1v) is 12.2. The summed E-state index contributed by atoms with van der Waals surface area (Å²) in [6.07, 6.45) is 1.86. The molecule has 28 heavy (non-hydrogen) atoms. The van der Waals surface area contributed by atoms with Crippen molar-refractivity contribution in [2.24, 2.45) is 0 Å². The Morgan fingerprint density at radius 1 is 1.29 bits per heavy atom. The number of ether oxygens (including phenoxy) is 1. The molecule has 1 saturated heterocycles. The van der Waals surface area contributed by atoms with Gasteiger partial charge in [0.2, 0.25) is 0 Å². The van der Waals surface area contributed by atoms with Gasteiger partial charge in [-0.1, -0.05) is 24.9 Å². The van der Waals surface area contributed by atoms with Crippen molar-refractivity contribution in [2.75, 3.05) is 24.7 Å². The Hall–Kier alpha value is -1.45. The van der Waals surface area contributed by atoms with Crippen LogP contribution in [0, 0.1) is 0 Å². The highest BCUT2D eigenvalue weighted by molar-refractivity contribution is 7.91. The second-order valence-corrected chi connectivity index (χ2v) is 10.6. The number of rotatable bonds is 10.